The number of unbranched alkanes of at least 4 members (excludes halogenated alkanes) is 7. The van der Waals surface area contributed by atoms with Gasteiger partial charge in [-0.25, -0.2) is 19.9 Å². The van der Waals surface area contributed by atoms with E-state index in [-0.39, 0.29) is 0 Å². The molecule has 0 radical (unpaired) electrons. The van der Waals surface area contributed by atoms with Gasteiger partial charge in [0.1, 0.15) is 0 Å². The number of anilines is 2. The van der Waals surface area contributed by atoms with Gasteiger partial charge in [-0.1, -0.05) is 74.9 Å². The van der Waals surface area contributed by atoms with Gasteiger partial charge in [-0.3, -0.25) is 0 Å². The van der Waals surface area contributed by atoms with E-state index in [1.165, 1.54) is 84.6 Å². The van der Waals surface area contributed by atoms with E-state index in [9.17, 15) is 0 Å². The van der Waals surface area contributed by atoms with Crippen LogP contribution in [0.4, 0.5) is 11.4 Å². The van der Waals surface area contributed by atoms with Crippen molar-refractivity contribution in [2.24, 2.45) is 0 Å². The molecule has 226 valence electrons. The summed E-state index contributed by atoms with van der Waals surface area (Å²) in [4.78, 5) is 19.2. The lowest BCUT2D eigenvalue weighted by molar-refractivity contribution is 0.577. The molecule has 0 fully saturated rings. The maximum absolute atomic E-state index is 4.85. The number of rotatable bonds is 13. The Bertz CT molecular complexity index is 1790. The predicted octanol–water partition coefficient (Wildman–Crippen LogP) is 9.76. The molecular weight excluding hydrogens is 540 g/mol. The fourth-order valence-corrected chi connectivity index (χ4v) is 6.58. The fraction of sp³-hybridized carbons (Fsp3) is 0.368. The number of nitrogens with zero attached hydrogens (tertiary/aromatic N) is 4. The Morgan fingerprint density at radius 1 is 0.477 bits per heavy atom. The van der Waals surface area contributed by atoms with Crippen LogP contribution in [0.1, 0.15) is 73.9 Å². The summed E-state index contributed by atoms with van der Waals surface area (Å²) >= 11 is 0. The highest BCUT2D eigenvalue weighted by molar-refractivity contribution is 6.08. The molecule has 0 saturated carbocycles. The van der Waals surface area contributed by atoms with Crippen molar-refractivity contribution in [3.8, 4) is 0 Å². The molecule has 4 aromatic heterocycles. The van der Waals surface area contributed by atoms with Gasteiger partial charge in [-0.05, 0) is 75.9 Å². The van der Waals surface area contributed by atoms with Crippen molar-refractivity contribution in [3.63, 3.8) is 0 Å². The Morgan fingerprint density at radius 3 is 1.30 bits per heavy atom. The molecule has 0 spiro atoms. The Kier molecular flexibility index (Phi) is 9.15. The van der Waals surface area contributed by atoms with Gasteiger partial charge in [0, 0.05) is 46.0 Å². The second kappa shape index (κ2) is 13.5. The monoisotopic (exact) mass is 584 g/mol. The molecule has 0 atom stereocenters. The van der Waals surface area contributed by atoms with E-state index >= 15 is 0 Å². The second-order valence-electron chi connectivity index (χ2n) is 12.2. The number of benzene rings is 2. The first-order chi connectivity index (χ1) is 21.5. The van der Waals surface area contributed by atoms with Crippen LogP contribution in [-0.4, -0.2) is 33.0 Å². The SMILES string of the molecule is Cc1cc(C)c2c(NCCCCCCCCCCNc3c4ccccc4nc4nc(C)cc(C)c34)c3ccccc3nc2n1. The average molecular weight is 585 g/mol. The fourth-order valence-electron chi connectivity index (χ4n) is 6.58. The van der Waals surface area contributed by atoms with Crippen LogP contribution in [-0.2, 0) is 0 Å². The van der Waals surface area contributed by atoms with Crippen molar-refractivity contribution >= 4 is 55.2 Å². The molecule has 0 aliphatic heterocycles. The lowest BCUT2D eigenvalue weighted by Crippen LogP contribution is -2.05. The summed E-state index contributed by atoms with van der Waals surface area (Å²) in [5, 5.41) is 12.2. The van der Waals surface area contributed by atoms with E-state index in [0.717, 1.165) is 57.6 Å². The summed E-state index contributed by atoms with van der Waals surface area (Å²) in [5.41, 5.74) is 10.5. The zero-order valence-corrected chi connectivity index (χ0v) is 26.6. The van der Waals surface area contributed by atoms with Crippen LogP contribution in [0.15, 0.2) is 60.7 Å². The minimum absolute atomic E-state index is 0.837. The summed E-state index contributed by atoms with van der Waals surface area (Å²) in [7, 11) is 0. The van der Waals surface area contributed by atoms with E-state index < -0.39 is 0 Å². The van der Waals surface area contributed by atoms with Crippen molar-refractivity contribution in [1.29, 1.82) is 0 Å². The smallest absolute Gasteiger partial charge is 0.162 e. The third kappa shape index (κ3) is 6.45. The molecule has 6 aromatic rings. The molecule has 6 nitrogen and oxygen atoms in total. The maximum atomic E-state index is 4.85. The van der Waals surface area contributed by atoms with Crippen molar-refractivity contribution in [3.05, 3.63) is 83.2 Å². The summed E-state index contributed by atoms with van der Waals surface area (Å²) < 4.78 is 0. The number of hydrogen-bond donors (Lipinski definition) is 2. The van der Waals surface area contributed by atoms with Crippen molar-refractivity contribution in [2.45, 2.75) is 79.1 Å². The number of para-hydroxylation sites is 2. The number of pyridine rings is 4. The normalized spacial score (nSPS) is 11.6. The predicted molar refractivity (Wildman–Crippen MR) is 187 cm³/mol. The van der Waals surface area contributed by atoms with E-state index in [1.807, 2.05) is 26.0 Å². The number of nitrogens with one attached hydrogen (secondary N) is 2. The van der Waals surface area contributed by atoms with Crippen LogP contribution >= 0.6 is 0 Å². The number of aryl methyl sites for hydroxylation is 4. The molecule has 2 aromatic carbocycles. The van der Waals surface area contributed by atoms with Gasteiger partial charge in [0.15, 0.2) is 11.3 Å². The zero-order chi connectivity index (χ0) is 30.5. The minimum atomic E-state index is 0.837. The van der Waals surface area contributed by atoms with Crippen LogP contribution < -0.4 is 10.6 Å². The maximum Gasteiger partial charge on any atom is 0.162 e. The zero-order valence-electron chi connectivity index (χ0n) is 26.6. The van der Waals surface area contributed by atoms with Gasteiger partial charge in [0.2, 0.25) is 0 Å². The number of aromatic nitrogens is 4. The third-order valence-corrected chi connectivity index (χ3v) is 8.66. The lowest BCUT2D eigenvalue weighted by Gasteiger charge is -2.15. The Labute approximate surface area is 260 Å². The molecule has 6 heteroatoms. The first-order valence-corrected chi connectivity index (χ1v) is 16.3. The third-order valence-electron chi connectivity index (χ3n) is 8.66. The molecule has 44 heavy (non-hydrogen) atoms. The summed E-state index contributed by atoms with van der Waals surface area (Å²) in [5.74, 6) is 0. The minimum Gasteiger partial charge on any atom is -0.384 e. The van der Waals surface area contributed by atoms with Crippen LogP contribution in [0.5, 0.6) is 0 Å². The molecule has 2 N–H and O–H groups in total. The summed E-state index contributed by atoms with van der Waals surface area (Å²) in [6.07, 6.45) is 10.0. The Morgan fingerprint density at radius 2 is 0.864 bits per heavy atom. The highest BCUT2D eigenvalue weighted by Crippen LogP contribution is 2.34. The second-order valence-corrected chi connectivity index (χ2v) is 12.2. The van der Waals surface area contributed by atoms with Crippen molar-refractivity contribution in [1.82, 2.24) is 19.9 Å². The van der Waals surface area contributed by atoms with Crippen molar-refractivity contribution < 1.29 is 0 Å². The van der Waals surface area contributed by atoms with Gasteiger partial charge in [-0.2, -0.15) is 0 Å². The topological polar surface area (TPSA) is 75.6 Å². The van der Waals surface area contributed by atoms with Gasteiger partial charge in [0.05, 0.1) is 22.4 Å². The molecule has 4 heterocycles. The first kappa shape index (κ1) is 29.7. The molecule has 0 aliphatic carbocycles. The first-order valence-electron chi connectivity index (χ1n) is 16.3. The molecule has 0 unspecified atom stereocenters. The van der Waals surface area contributed by atoms with Crippen LogP contribution in [0.3, 0.4) is 0 Å². The molecule has 0 aliphatic rings. The largest absolute Gasteiger partial charge is 0.384 e. The highest BCUT2D eigenvalue weighted by Gasteiger charge is 2.14. The van der Waals surface area contributed by atoms with E-state index in [0.29, 0.717) is 0 Å². The molecule has 6 rings (SSSR count). The lowest BCUT2D eigenvalue weighted by atomic mass is 10.0. The van der Waals surface area contributed by atoms with E-state index in [1.54, 1.807) is 0 Å². The highest BCUT2D eigenvalue weighted by atomic mass is 14.9. The van der Waals surface area contributed by atoms with E-state index in [2.05, 4.69) is 73.0 Å². The Balaban J connectivity index is 0.936. The molecular formula is C38H44N6. The number of hydrogen-bond acceptors (Lipinski definition) is 6. The van der Waals surface area contributed by atoms with Crippen LogP contribution in [0.25, 0.3) is 43.9 Å². The van der Waals surface area contributed by atoms with Crippen LogP contribution in [0.2, 0.25) is 0 Å². The number of fused-ring (bicyclic) bond motifs is 4. The average Bonchev–Trinajstić information content (AvgIpc) is 3.00. The van der Waals surface area contributed by atoms with Gasteiger partial charge in [-0.15, -0.1) is 0 Å². The Hall–Kier alpha value is -4.32. The molecule has 0 saturated heterocycles. The van der Waals surface area contributed by atoms with Crippen molar-refractivity contribution in [2.75, 3.05) is 23.7 Å². The summed E-state index contributed by atoms with van der Waals surface area (Å²) in [6, 6.07) is 21.1. The van der Waals surface area contributed by atoms with Crippen LogP contribution in [0, 0.1) is 27.7 Å². The standard InChI is InChI=1S/C38H44N6/c1-25-23-27(3)41-37-33(25)35(29-17-11-13-19-31(29)43-37)39-21-15-9-7-5-6-8-10-16-22-40-36-30-18-12-14-20-32(30)44-38-34(36)26(2)24-28(4)42-38/h11-14,17-20,23-24H,5-10,15-16,21-22H2,1-4H3,(H,39,41,43)(H,40,42,44). The van der Waals surface area contributed by atoms with Gasteiger partial charge < -0.3 is 10.6 Å². The van der Waals surface area contributed by atoms with Gasteiger partial charge >= 0.3 is 0 Å². The summed E-state index contributed by atoms with van der Waals surface area (Å²) in [6.45, 7) is 10.3. The van der Waals surface area contributed by atoms with Gasteiger partial charge in [0.25, 0.3) is 0 Å². The quantitative estimate of drug-likeness (QED) is 0.104. The van der Waals surface area contributed by atoms with E-state index in [4.69, 9.17) is 19.9 Å². The molecule has 0 bridgehead atoms. The molecule has 0 amide bonds.